The van der Waals surface area contributed by atoms with Gasteiger partial charge in [-0.2, -0.15) is 9.29 Å². The molecule has 4 aromatic rings. The van der Waals surface area contributed by atoms with Gasteiger partial charge in [0.15, 0.2) is 22.8 Å². The number of fused-ring (bicyclic) bond motifs is 1. The van der Waals surface area contributed by atoms with Gasteiger partial charge in [-0.1, -0.05) is 29.7 Å². The van der Waals surface area contributed by atoms with Gasteiger partial charge < -0.3 is 4.90 Å². The molecule has 3 heterocycles. The Morgan fingerprint density at radius 1 is 1.00 bits per heavy atom. The van der Waals surface area contributed by atoms with Crippen molar-refractivity contribution in [1.82, 2.24) is 23.0 Å². The smallest absolute Gasteiger partial charge is 0.332 e. The molecule has 0 N–H and O–H groups in total. The summed E-state index contributed by atoms with van der Waals surface area (Å²) in [6.07, 6.45) is 0. The molecule has 0 aliphatic carbocycles. The van der Waals surface area contributed by atoms with Crippen LogP contribution in [0.25, 0.3) is 11.2 Å². The first kappa shape index (κ1) is 28.5. The number of hydrogen-bond acceptors (Lipinski definition) is 6. The maximum atomic E-state index is 13.8. The monoisotopic (exact) mass is 602 g/mol. The normalized spacial score (nSPS) is 14.3. The van der Waals surface area contributed by atoms with Crippen LogP contribution >= 0.6 is 11.6 Å². The number of hydrogen-bond donors (Lipinski definition) is 0. The quantitative estimate of drug-likeness (QED) is 0.314. The summed E-state index contributed by atoms with van der Waals surface area (Å²) in [6.45, 7) is 2.28. The Morgan fingerprint density at radius 3 is 2.39 bits per heavy atom. The second-order valence-electron chi connectivity index (χ2n) is 9.43. The van der Waals surface area contributed by atoms with E-state index in [1.54, 1.807) is 23.6 Å². The van der Waals surface area contributed by atoms with Crippen LogP contribution in [0.1, 0.15) is 12.5 Å². The molecule has 0 spiro atoms. The predicted molar refractivity (Wildman–Crippen MR) is 151 cm³/mol. The average Bonchev–Trinajstić information content (AvgIpc) is 3.34. The number of imidazole rings is 1. The van der Waals surface area contributed by atoms with E-state index in [0.717, 1.165) is 16.7 Å². The lowest BCUT2D eigenvalue weighted by Gasteiger charge is -2.34. The largest absolute Gasteiger partial charge is 0.340 e. The van der Waals surface area contributed by atoms with E-state index in [4.69, 9.17) is 11.6 Å². The van der Waals surface area contributed by atoms with Crippen LogP contribution in [0.4, 0.5) is 14.7 Å². The molecule has 1 aliphatic rings. The number of benzene rings is 2. The zero-order valence-electron chi connectivity index (χ0n) is 22.1. The van der Waals surface area contributed by atoms with Crippen molar-refractivity contribution in [3.05, 3.63) is 85.5 Å². The zero-order chi connectivity index (χ0) is 29.5. The third kappa shape index (κ3) is 5.26. The molecular formula is C27H25ClF2N6O4S. The van der Waals surface area contributed by atoms with Gasteiger partial charge in [-0.25, -0.2) is 22.0 Å². The first-order valence-corrected chi connectivity index (χ1v) is 14.4. The van der Waals surface area contributed by atoms with Gasteiger partial charge in [-0.3, -0.25) is 18.5 Å². The highest BCUT2D eigenvalue weighted by Crippen LogP contribution is 2.25. The molecule has 2 aromatic heterocycles. The summed E-state index contributed by atoms with van der Waals surface area (Å²) in [7, 11) is -2.31. The van der Waals surface area contributed by atoms with Crippen LogP contribution in [0.2, 0.25) is 5.02 Å². The van der Waals surface area contributed by atoms with E-state index < -0.39 is 32.9 Å². The van der Waals surface area contributed by atoms with Crippen molar-refractivity contribution in [2.45, 2.75) is 24.9 Å². The molecular weight excluding hydrogens is 578 g/mol. The van der Waals surface area contributed by atoms with E-state index in [1.807, 2.05) is 4.90 Å². The molecule has 14 heteroatoms. The molecule has 214 valence electrons. The molecule has 2 aromatic carbocycles. The highest BCUT2D eigenvalue weighted by molar-refractivity contribution is 7.89. The molecule has 0 amide bonds. The molecule has 0 radical (unpaired) electrons. The van der Waals surface area contributed by atoms with Gasteiger partial charge in [0.05, 0.1) is 18.0 Å². The van der Waals surface area contributed by atoms with Crippen molar-refractivity contribution in [3.63, 3.8) is 0 Å². The lowest BCUT2D eigenvalue weighted by Crippen LogP contribution is -2.49. The minimum absolute atomic E-state index is 0.0853. The van der Waals surface area contributed by atoms with Gasteiger partial charge in [0.2, 0.25) is 16.0 Å². The van der Waals surface area contributed by atoms with Crippen LogP contribution in [-0.4, -0.2) is 57.6 Å². The van der Waals surface area contributed by atoms with Gasteiger partial charge in [-0.05, 0) is 42.8 Å². The molecule has 5 rings (SSSR count). The number of anilines is 1. The van der Waals surface area contributed by atoms with E-state index in [0.29, 0.717) is 11.0 Å². The van der Waals surface area contributed by atoms with Gasteiger partial charge in [-0.15, -0.1) is 5.92 Å². The third-order valence-corrected chi connectivity index (χ3v) is 9.04. The van der Waals surface area contributed by atoms with Gasteiger partial charge in [0, 0.05) is 38.2 Å². The minimum Gasteiger partial charge on any atom is -0.340 e. The Kier molecular flexibility index (Phi) is 7.74. The second-order valence-corrected chi connectivity index (χ2v) is 11.8. The highest BCUT2D eigenvalue weighted by atomic mass is 35.5. The van der Waals surface area contributed by atoms with Crippen molar-refractivity contribution in [2.24, 2.45) is 7.05 Å². The number of piperazine rings is 1. The van der Waals surface area contributed by atoms with Crippen LogP contribution in [-0.2, 0) is 30.2 Å². The summed E-state index contributed by atoms with van der Waals surface area (Å²) in [5.74, 6) is 3.96. The fraction of sp³-hybridized carbons (Fsp3) is 0.296. The Labute approximate surface area is 239 Å². The minimum atomic E-state index is -3.78. The van der Waals surface area contributed by atoms with Crippen molar-refractivity contribution in [1.29, 1.82) is 0 Å². The molecule has 1 aliphatic heterocycles. The maximum absolute atomic E-state index is 13.8. The van der Waals surface area contributed by atoms with E-state index in [2.05, 4.69) is 16.8 Å². The topological polar surface area (TPSA) is 102 Å². The first-order chi connectivity index (χ1) is 19.5. The first-order valence-electron chi connectivity index (χ1n) is 12.6. The number of rotatable bonds is 6. The second kappa shape index (κ2) is 11.1. The van der Waals surface area contributed by atoms with E-state index >= 15 is 0 Å². The lowest BCUT2D eigenvalue weighted by molar-refractivity contribution is 0.381. The van der Waals surface area contributed by atoms with Crippen LogP contribution in [0, 0.1) is 23.5 Å². The van der Waals surface area contributed by atoms with Gasteiger partial charge in [0.25, 0.3) is 5.56 Å². The Hall–Kier alpha value is -3.99. The fourth-order valence-corrected chi connectivity index (χ4v) is 6.50. The summed E-state index contributed by atoms with van der Waals surface area (Å²) < 4.78 is 58.7. The lowest BCUT2D eigenvalue weighted by atomic mass is 10.2. The molecule has 41 heavy (non-hydrogen) atoms. The summed E-state index contributed by atoms with van der Waals surface area (Å²) in [6, 6.07) is 9.24. The van der Waals surface area contributed by atoms with Crippen LogP contribution in [0.15, 0.2) is 56.9 Å². The van der Waals surface area contributed by atoms with E-state index in [1.165, 1.54) is 34.1 Å². The summed E-state index contributed by atoms with van der Waals surface area (Å²) in [5.41, 5.74) is -0.863. The fourth-order valence-electron chi connectivity index (χ4n) is 4.77. The predicted octanol–water partition coefficient (Wildman–Crippen LogP) is 2.41. The average molecular weight is 603 g/mol. The SMILES string of the molecule is CC#CCn1c(N2CCN(S(=O)(=O)c3cccc(Cl)c3)CC2)nc2c1c(=O)n(Cc1ccc(F)c(F)c1)c(=O)n2C. The standard InChI is InChI=1S/C27H25ClF2N6O4S/c1-3-4-10-35-23-24(32(2)27(38)36(25(23)37)17-18-8-9-21(29)22(30)15-18)31-26(35)33-11-13-34(14-12-33)41(39,40)20-7-5-6-19(28)16-20/h5-9,15-16H,10-14,17H2,1-2H3. The molecule has 1 fully saturated rings. The van der Waals surface area contributed by atoms with E-state index in [9.17, 15) is 26.8 Å². The van der Waals surface area contributed by atoms with Crippen molar-refractivity contribution >= 4 is 38.7 Å². The Bertz CT molecular complexity index is 1950. The van der Waals surface area contributed by atoms with Crippen LogP contribution < -0.4 is 16.1 Å². The zero-order valence-corrected chi connectivity index (χ0v) is 23.7. The van der Waals surface area contributed by atoms with Gasteiger partial charge in [0.1, 0.15) is 0 Å². The van der Waals surface area contributed by atoms with Crippen molar-refractivity contribution < 1.29 is 17.2 Å². The third-order valence-electron chi connectivity index (χ3n) is 6.91. The highest BCUT2D eigenvalue weighted by Gasteiger charge is 2.31. The molecule has 0 saturated carbocycles. The number of halogens is 3. The Balaban J connectivity index is 1.53. The molecule has 1 saturated heterocycles. The summed E-state index contributed by atoms with van der Waals surface area (Å²) in [5, 5.41) is 0.316. The van der Waals surface area contributed by atoms with Crippen molar-refractivity contribution in [2.75, 3.05) is 31.1 Å². The molecule has 0 atom stereocenters. The number of aryl methyl sites for hydroxylation is 1. The molecule has 0 unspecified atom stereocenters. The maximum Gasteiger partial charge on any atom is 0.332 e. The van der Waals surface area contributed by atoms with E-state index in [-0.39, 0.29) is 60.9 Å². The number of nitrogens with zero attached hydrogens (tertiary/aromatic N) is 6. The molecule has 10 nitrogen and oxygen atoms in total. The van der Waals surface area contributed by atoms with Gasteiger partial charge >= 0.3 is 5.69 Å². The Morgan fingerprint density at radius 2 is 1.73 bits per heavy atom. The summed E-state index contributed by atoms with van der Waals surface area (Å²) in [4.78, 5) is 33.4. The number of sulfonamides is 1. The summed E-state index contributed by atoms with van der Waals surface area (Å²) >= 11 is 6.00. The van der Waals surface area contributed by atoms with Crippen LogP contribution in [0.5, 0.6) is 0 Å². The molecule has 0 bridgehead atoms. The van der Waals surface area contributed by atoms with Crippen LogP contribution in [0.3, 0.4) is 0 Å². The van der Waals surface area contributed by atoms with Crippen molar-refractivity contribution in [3.8, 4) is 11.8 Å². The number of aromatic nitrogens is 4.